The van der Waals surface area contributed by atoms with Crippen LogP contribution in [0.4, 0.5) is 5.69 Å². The number of benzene rings is 2. The molecule has 0 bridgehead atoms. The normalized spacial score (nSPS) is 18.5. The third kappa shape index (κ3) is 4.16. The second-order valence-electron chi connectivity index (χ2n) is 6.45. The van der Waals surface area contributed by atoms with E-state index in [2.05, 4.69) is 21.2 Å². The van der Waals surface area contributed by atoms with E-state index in [-0.39, 0.29) is 16.8 Å². The lowest BCUT2D eigenvalue weighted by molar-refractivity contribution is 0.102. The van der Waals surface area contributed by atoms with Crippen molar-refractivity contribution in [3.05, 3.63) is 58.6 Å². The summed E-state index contributed by atoms with van der Waals surface area (Å²) in [6.07, 6.45) is 2.78. The Kier molecular flexibility index (Phi) is 5.79. The molecule has 138 valence electrons. The fraction of sp³-hybridized carbons (Fsp3) is 0.316. The van der Waals surface area contributed by atoms with Gasteiger partial charge in [-0.25, -0.2) is 8.42 Å². The molecular weight excluding hydrogens is 416 g/mol. The van der Waals surface area contributed by atoms with Crippen molar-refractivity contribution < 1.29 is 13.2 Å². The Morgan fingerprint density at radius 1 is 1.15 bits per heavy atom. The largest absolute Gasteiger partial charge is 0.322 e. The van der Waals surface area contributed by atoms with Crippen LogP contribution < -0.4 is 5.32 Å². The Balaban J connectivity index is 1.83. The SMILES string of the molecule is CC1CCCCN1S(=O)(=O)c1cccc(C(=O)Nc2ccc(Br)cc2)c1. The van der Waals surface area contributed by atoms with Crippen molar-refractivity contribution in [3.8, 4) is 0 Å². The molecule has 0 aliphatic carbocycles. The molecule has 3 rings (SSSR count). The Labute approximate surface area is 162 Å². The molecule has 2 aromatic carbocycles. The molecule has 26 heavy (non-hydrogen) atoms. The van der Waals surface area contributed by atoms with Crippen molar-refractivity contribution in [1.82, 2.24) is 4.31 Å². The number of hydrogen-bond acceptors (Lipinski definition) is 3. The van der Waals surface area contributed by atoms with Crippen LogP contribution in [0.2, 0.25) is 0 Å². The van der Waals surface area contributed by atoms with E-state index in [4.69, 9.17) is 0 Å². The lowest BCUT2D eigenvalue weighted by Gasteiger charge is -2.32. The molecule has 7 heteroatoms. The first-order valence-corrected chi connectivity index (χ1v) is 10.8. The van der Waals surface area contributed by atoms with E-state index in [1.54, 1.807) is 34.6 Å². The van der Waals surface area contributed by atoms with Crippen molar-refractivity contribution in [3.63, 3.8) is 0 Å². The average molecular weight is 437 g/mol. The van der Waals surface area contributed by atoms with Crippen LogP contribution in [-0.4, -0.2) is 31.2 Å². The van der Waals surface area contributed by atoms with Gasteiger partial charge < -0.3 is 5.32 Å². The summed E-state index contributed by atoms with van der Waals surface area (Å²) in [5.74, 6) is -0.337. The number of carbonyl (C=O) groups excluding carboxylic acids is 1. The van der Waals surface area contributed by atoms with Gasteiger partial charge in [0.25, 0.3) is 5.91 Å². The number of nitrogens with zero attached hydrogens (tertiary/aromatic N) is 1. The number of sulfonamides is 1. The first-order chi connectivity index (χ1) is 12.4. The highest BCUT2D eigenvalue weighted by atomic mass is 79.9. The molecule has 1 aliphatic heterocycles. The number of amides is 1. The molecule has 0 aromatic heterocycles. The highest BCUT2D eigenvalue weighted by Gasteiger charge is 2.31. The minimum absolute atomic E-state index is 0.0194. The standard InChI is InChI=1S/C19H21BrN2O3S/c1-14-5-2-3-12-22(14)26(24,25)18-7-4-6-15(13-18)19(23)21-17-10-8-16(20)9-11-17/h4,6-11,13-14H,2-3,5,12H2,1H3,(H,21,23). The van der Waals surface area contributed by atoms with Crippen LogP contribution in [0.25, 0.3) is 0 Å². The molecule has 1 aliphatic rings. The van der Waals surface area contributed by atoms with E-state index < -0.39 is 10.0 Å². The molecule has 0 saturated carbocycles. The molecule has 1 atom stereocenters. The highest BCUT2D eigenvalue weighted by molar-refractivity contribution is 9.10. The van der Waals surface area contributed by atoms with E-state index in [1.807, 2.05) is 19.1 Å². The molecule has 1 fully saturated rings. The van der Waals surface area contributed by atoms with Crippen LogP contribution in [0.1, 0.15) is 36.5 Å². The molecule has 1 saturated heterocycles. The second kappa shape index (κ2) is 7.90. The van der Waals surface area contributed by atoms with Crippen molar-refractivity contribution >= 4 is 37.5 Å². The summed E-state index contributed by atoms with van der Waals surface area (Å²) in [5.41, 5.74) is 0.967. The van der Waals surface area contributed by atoms with Crippen molar-refractivity contribution in [1.29, 1.82) is 0 Å². The van der Waals surface area contributed by atoms with Gasteiger partial charge in [0.1, 0.15) is 0 Å². The number of anilines is 1. The lowest BCUT2D eigenvalue weighted by Crippen LogP contribution is -2.41. The zero-order valence-electron chi connectivity index (χ0n) is 14.5. The molecule has 2 aromatic rings. The second-order valence-corrected chi connectivity index (χ2v) is 9.26. The maximum Gasteiger partial charge on any atom is 0.255 e. The van der Waals surface area contributed by atoms with Gasteiger partial charge in [-0.2, -0.15) is 4.31 Å². The van der Waals surface area contributed by atoms with Crippen LogP contribution in [0.15, 0.2) is 57.9 Å². The summed E-state index contributed by atoms with van der Waals surface area (Å²) in [6, 6.07) is 13.4. The lowest BCUT2D eigenvalue weighted by atomic mass is 10.1. The first kappa shape index (κ1) is 19.1. The van der Waals surface area contributed by atoms with Crippen LogP contribution in [0.3, 0.4) is 0 Å². The molecule has 1 amide bonds. The van der Waals surface area contributed by atoms with Gasteiger partial charge in [-0.05, 0) is 62.2 Å². The van der Waals surface area contributed by atoms with E-state index in [1.165, 1.54) is 6.07 Å². The van der Waals surface area contributed by atoms with Gasteiger partial charge in [0, 0.05) is 28.3 Å². The molecule has 1 N–H and O–H groups in total. The predicted octanol–water partition coefficient (Wildman–Crippen LogP) is 4.26. The number of hydrogen-bond donors (Lipinski definition) is 1. The van der Waals surface area contributed by atoms with Crippen LogP contribution >= 0.6 is 15.9 Å². The maximum atomic E-state index is 13.0. The predicted molar refractivity (Wildman–Crippen MR) is 106 cm³/mol. The maximum absolute atomic E-state index is 13.0. The van der Waals surface area contributed by atoms with Crippen molar-refractivity contribution in [2.24, 2.45) is 0 Å². The highest BCUT2D eigenvalue weighted by Crippen LogP contribution is 2.25. The molecule has 1 unspecified atom stereocenters. The minimum Gasteiger partial charge on any atom is -0.322 e. The van der Waals surface area contributed by atoms with Gasteiger partial charge in [0.05, 0.1) is 4.90 Å². The summed E-state index contributed by atoms with van der Waals surface area (Å²) in [5, 5.41) is 2.78. The van der Waals surface area contributed by atoms with Gasteiger partial charge >= 0.3 is 0 Å². The number of rotatable bonds is 4. The fourth-order valence-corrected chi connectivity index (χ4v) is 5.11. The minimum atomic E-state index is -3.60. The molecule has 0 spiro atoms. The Morgan fingerprint density at radius 2 is 1.88 bits per heavy atom. The Morgan fingerprint density at radius 3 is 2.58 bits per heavy atom. The van der Waals surface area contributed by atoms with Crippen molar-refractivity contribution in [2.45, 2.75) is 37.1 Å². The van der Waals surface area contributed by atoms with E-state index in [9.17, 15) is 13.2 Å². The third-order valence-corrected chi connectivity index (χ3v) is 7.09. The fourth-order valence-electron chi connectivity index (χ4n) is 3.10. The first-order valence-electron chi connectivity index (χ1n) is 8.57. The van der Waals surface area contributed by atoms with Crippen molar-refractivity contribution in [2.75, 3.05) is 11.9 Å². The smallest absolute Gasteiger partial charge is 0.255 e. The Hall–Kier alpha value is -1.70. The zero-order valence-corrected chi connectivity index (χ0v) is 16.9. The monoisotopic (exact) mass is 436 g/mol. The molecular formula is C19H21BrN2O3S. The number of nitrogens with one attached hydrogen (secondary N) is 1. The van der Waals surface area contributed by atoms with Crippen LogP contribution in [0, 0.1) is 0 Å². The van der Waals surface area contributed by atoms with Gasteiger partial charge in [-0.3, -0.25) is 4.79 Å². The number of halogens is 1. The topological polar surface area (TPSA) is 66.5 Å². The summed E-state index contributed by atoms with van der Waals surface area (Å²) in [4.78, 5) is 12.6. The Bertz CT molecular complexity index is 897. The van der Waals surface area contributed by atoms with Crippen LogP contribution in [-0.2, 0) is 10.0 Å². The van der Waals surface area contributed by atoms with Gasteiger partial charge in [-0.15, -0.1) is 0 Å². The molecule has 5 nitrogen and oxygen atoms in total. The van der Waals surface area contributed by atoms with Gasteiger partial charge in [0.2, 0.25) is 10.0 Å². The van der Waals surface area contributed by atoms with Gasteiger partial charge in [0.15, 0.2) is 0 Å². The zero-order chi connectivity index (χ0) is 18.7. The quantitative estimate of drug-likeness (QED) is 0.777. The molecule has 1 heterocycles. The summed E-state index contributed by atoms with van der Waals surface area (Å²) in [7, 11) is -3.60. The van der Waals surface area contributed by atoms with Gasteiger partial charge in [-0.1, -0.05) is 28.4 Å². The van der Waals surface area contributed by atoms with E-state index in [0.29, 0.717) is 17.8 Å². The number of carbonyl (C=O) groups is 1. The van der Waals surface area contributed by atoms with E-state index in [0.717, 1.165) is 23.7 Å². The third-order valence-electron chi connectivity index (χ3n) is 4.55. The summed E-state index contributed by atoms with van der Waals surface area (Å²) >= 11 is 3.35. The van der Waals surface area contributed by atoms with E-state index >= 15 is 0 Å². The van der Waals surface area contributed by atoms with Crippen LogP contribution in [0.5, 0.6) is 0 Å². The summed E-state index contributed by atoms with van der Waals surface area (Å²) < 4.78 is 28.4. The summed E-state index contributed by atoms with van der Waals surface area (Å²) in [6.45, 7) is 2.46. The number of piperidine rings is 1. The average Bonchev–Trinajstić information content (AvgIpc) is 2.64. The molecule has 0 radical (unpaired) electrons.